The number of hydrogen-bond donors (Lipinski definition) is 12. The van der Waals surface area contributed by atoms with Gasteiger partial charge in [0.05, 0.1) is 18.8 Å². The third kappa shape index (κ3) is 16.4. The standard InChI is InChI=1S/C49H62N12O11/c1-27(2)41(60-44(67)36(10-6-16-54-49(51)52)57-43(66)35(50)24-40(63)64)46(69)56-32-20-30(18-29-12-14-34(62)15-13-29)19-31(22-32)42(65)58-37(23-33-25-53-26-55-33)47(70)61-17-7-11-39(61)45(68)59-38(48(71)72)21-28-8-4-3-5-9-28/h3-5,8-9,12-15,19-20,22,25-27,35-39,41,62H,6-7,10-11,16-18,21,23-24,50H2,1-2H3,(H,53,55)(H,56,69)(H,57,66)(H,58,65)(H,59,68)(H,60,67)(H,63,64)(H,71,72)(H4,51,52,54)/t35-,36-,37-,38+,39-,41-/m0/s1. The zero-order valence-electron chi connectivity index (χ0n) is 39.9. The number of nitrogens with one attached hydrogen (secondary N) is 6. The van der Waals surface area contributed by atoms with Gasteiger partial charge in [0.25, 0.3) is 5.91 Å². The maximum atomic E-state index is 14.5. The Morgan fingerprint density at radius 1 is 0.819 bits per heavy atom. The molecule has 0 aliphatic carbocycles. The van der Waals surface area contributed by atoms with Crippen LogP contribution in [0.2, 0.25) is 0 Å². The van der Waals surface area contributed by atoms with Gasteiger partial charge in [-0.1, -0.05) is 56.3 Å². The van der Waals surface area contributed by atoms with E-state index in [0.29, 0.717) is 23.2 Å². The summed E-state index contributed by atoms with van der Waals surface area (Å²) in [6.45, 7) is 3.57. The van der Waals surface area contributed by atoms with Gasteiger partial charge in [0, 0.05) is 49.1 Å². The van der Waals surface area contributed by atoms with Crippen LogP contribution in [-0.2, 0) is 52.8 Å². The molecule has 0 radical (unpaired) electrons. The van der Waals surface area contributed by atoms with Crippen molar-refractivity contribution in [1.82, 2.24) is 36.1 Å². The molecule has 3 aromatic carbocycles. The predicted octanol–water partition coefficient (Wildman–Crippen LogP) is 0.270. The van der Waals surface area contributed by atoms with Crippen molar-refractivity contribution in [2.45, 2.75) is 101 Å². The Hall–Kier alpha value is -8.34. The van der Waals surface area contributed by atoms with Crippen molar-refractivity contribution in [3.8, 4) is 5.75 Å². The first-order chi connectivity index (χ1) is 34.3. The largest absolute Gasteiger partial charge is 0.508 e. The molecule has 0 bridgehead atoms. The van der Waals surface area contributed by atoms with E-state index >= 15 is 0 Å². The number of amides is 6. The van der Waals surface area contributed by atoms with Crippen molar-refractivity contribution in [3.63, 3.8) is 0 Å². The number of aliphatic carboxylic acids is 2. The van der Waals surface area contributed by atoms with E-state index in [1.165, 1.54) is 35.6 Å². The first-order valence-corrected chi connectivity index (χ1v) is 23.3. The fourth-order valence-corrected chi connectivity index (χ4v) is 8.07. The number of benzene rings is 3. The summed E-state index contributed by atoms with van der Waals surface area (Å²) in [7, 11) is 0. The number of carboxylic acid groups (broad SMARTS) is 2. The molecule has 6 atom stereocenters. The number of phenolic OH excluding ortho intramolecular Hbond substituents is 1. The number of rotatable bonds is 25. The van der Waals surface area contributed by atoms with Gasteiger partial charge in [0.2, 0.25) is 29.5 Å². The van der Waals surface area contributed by atoms with E-state index in [2.05, 4.69) is 41.5 Å². The predicted molar refractivity (Wildman–Crippen MR) is 263 cm³/mol. The van der Waals surface area contributed by atoms with Crippen molar-refractivity contribution < 1.29 is 53.7 Å². The number of imidazole rings is 1. The molecule has 72 heavy (non-hydrogen) atoms. The molecular formula is C49H62N12O11. The second-order valence-corrected chi connectivity index (χ2v) is 17.8. The fourth-order valence-electron chi connectivity index (χ4n) is 8.07. The number of hydrogen-bond acceptors (Lipinski definition) is 12. The van der Waals surface area contributed by atoms with Crippen molar-refractivity contribution >= 4 is 59.0 Å². The van der Waals surface area contributed by atoms with Crippen LogP contribution in [0.25, 0.3) is 0 Å². The quantitative estimate of drug-likeness (QED) is 0.0241. The molecule has 6 amide bonds. The lowest BCUT2D eigenvalue weighted by atomic mass is 9.99. The Bertz CT molecular complexity index is 2570. The second-order valence-electron chi connectivity index (χ2n) is 17.8. The van der Waals surface area contributed by atoms with Gasteiger partial charge in [-0.25, -0.2) is 9.78 Å². The maximum absolute atomic E-state index is 14.5. The first-order valence-electron chi connectivity index (χ1n) is 23.3. The molecular weight excluding hydrogens is 933 g/mol. The van der Waals surface area contributed by atoms with Gasteiger partial charge < -0.3 is 69.0 Å². The molecule has 5 rings (SSSR count). The van der Waals surface area contributed by atoms with Gasteiger partial charge in [0.15, 0.2) is 5.96 Å². The number of aromatic amines is 1. The van der Waals surface area contributed by atoms with Crippen LogP contribution in [0.4, 0.5) is 5.69 Å². The minimum atomic E-state index is -1.48. The van der Waals surface area contributed by atoms with Gasteiger partial charge in [0.1, 0.15) is 36.0 Å². The van der Waals surface area contributed by atoms with Crippen LogP contribution in [0, 0.1) is 5.92 Å². The van der Waals surface area contributed by atoms with E-state index in [0.717, 1.165) is 5.56 Å². The summed E-state index contributed by atoms with van der Waals surface area (Å²) in [6.07, 6.45) is 3.19. The van der Waals surface area contributed by atoms with Crippen LogP contribution < -0.4 is 43.8 Å². The molecule has 0 saturated carbocycles. The summed E-state index contributed by atoms with van der Waals surface area (Å²) in [4.78, 5) is 119. The minimum Gasteiger partial charge on any atom is -0.508 e. The van der Waals surface area contributed by atoms with E-state index in [4.69, 9.17) is 22.3 Å². The highest BCUT2D eigenvalue weighted by Gasteiger charge is 2.39. The van der Waals surface area contributed by atoms with Crippen LogP contribution in [0.15, 0.2) is 90.3 Å². The number of carboxylic acids is 2. The van der Waals surface area contributed by atoms with Gasteiger partial charge in [-0.3, -0.25) is 38.6 Å². The van der Waals surface area contributed by atoms with Gasteiger partial charge >= 0.3 is 11.9 Å². The van der Waals surface area contributed by atoms with E-state index in [1.807, 2.05) is 0 Å². The molecule has 0 unspecified atom stereocenters. The number of aliphatic imine (C=N–C) groups is 1. The summed E-state index contributed by atoms with van der Waals surface area (Å²) < 4.78 is 0. The zero-order chi connectivity index (χ0) is 52.5. The molecule has 23 heteroatoms. The molecule has 1 saturated heterocycles. The summed E-state index contributed by atoms with van der Waals surface area (Å²) in [6, 6.07) is 12.1. The average Bonchev–Trinajstić information content (AvgIpc) is 4.05. The summed E-state index contributed by atoms with van der Waals surface area (Å²) in [5.41, 5.74) is 19.2. The highest BCUT2D eigenvalue weighted by Crippen LogP contribution is 2.23. The first kappa shape index (κ1) is 54.6. The lowest BCUT2D eigenvalue weighted by molar-refractivity contribution is -0.144. The third-order valence-corrected chi connectivity index (χ3v) is 11.7. The molecule has 4 aromatic rings. The zero-order valence-corrected chi connectivity index (χ0v) is 39.9. The van der Waals surface area contributed by atoms with E-state index in [-0.39, 0.29) is 74.6 Å². The number of carbonyl (C=O) groups excluding carboxylic acids is 6. The molecule has 2 heterocycles. The average molecular weight is 995 g/mol. The fraction of sp³-hybridized carbons (Fsp3) is 0.388. The highest BCUT2D eigenvalue weighted by molar-refractivity contribution is 6.02. The summed E-state index contributed by atoms with van der Waals surface area (Å²) in [5.74, 6) is -7.70. The smallest absolute Gasteiger partial charge is 0.326 e. The second kappa shape index (κ2) is 26.0. The van der Waals surface area contributed by atoms with Crippen molar-refractivity contribution in [2.75, 3.05) is 18.4 Å². The SMILES string of the molecule is CC(C)[C@H](NC(=O)[C@H](CCCN=C(N)N)NC(=O)[C@@H](N)CC(=O)O)C(=O)Nc1cc(Cc2ccc(O)cc2)cc(C(=O)N[C@@H](Cc2cnc[nH]2)C(=O)N2CCC[C@H]2C(=O)N[C@H](Cc2ccccc2)C(=O)O)c1. The van der Waals surface area contributed by atoms with Crippen LogP contribution in [-0.4, -0.2) is 133 Å². The number of anilines is 1. The number of aromatic nitrogens is 2. The lowest BCUT2D eigenvalue weighted by Gasteiger charge is -2.29. The molecule has 1 aliphatic heterocycles. The van der Waals surface area contributed by atoms with E-state index in [1.54, 1.807) is 68.4 Å². The Balaban J connectivity index is 1.40. The van der Waals surface area contributed by atoms with Crippen molar-refractivity contribution in [2.24, 2.45) is 28.1 Å². The van der Waals surface area contributed by atoms with Crippen LogP contribution in [0.3, 0.4) is 0 Å². The van der Waals surface area contributed by atoms with Crippen molar-refractivity contribution in [3.05, 3.63) is 113 Å². The Morgan fingerprint density at radius 2 is 1.54 bits per heavy atom. The number of phenols is 1. The van der Waals surface area contributed by atoms with E-state index in [9.17, 15) is 48.6 Å². The van der Waals surface area contributed by atoms with Gasteiger partial charge in [-0.15, -0.1) is 0 Å². The maximum Gasteiger partial charge on any atom is 0.326 e. The normalized spacial score (nSPS) is 15.2. The number of guanidine groups is 1. The molecule has 1 aliphatic rings. The number of H-pyrrole nitrogens is 1. The van der Waals surface area contributed by atoms with Crippen LogP contribution in [0.5, 0.6) is 5.75 Å². The van der Waals surface area contributed by atoms with Gasteiger partial charge in [-0.2, -0.15) is 0 Å². The van der Waals surface area contributed by atoms with Gasteiger partial charge in [-0.05, 0) is 85.0 Å². The molecule has 384 valence electrons. The molecule has 23 nitrogen and oxygen atoms in total. The number of likely N-dealkylation sites (tertiary alicyclic amines) is 1. The highest BCUT2D eigenvalue weighted by atomic mass is 16.4. The number of nitrogens with two attached hydrogens (primary N) is 3. The number of carbonyl (C=O) groups is 8. The van der Waals surface area contributed by atoms with Crippen molar-refractivity contribution in [1.29, 1.82) is 0 Å². The molecule has 15 N–H and O–H groups in total. The molecule has 0 spiro atoms. The minimum absolute atomic E-state index is 0.0105. The lowest BCUT2D eigenvalue weighted by Crippen LogP contribution is -2.56. The number of nitrogens with zero attached hydrogens (tertiary/aromatic N) is 3. The third-order valence-electron chi connectivity index (χ3n) is 11.7. The molecule has 1 fully saturated rings. The topological polar surface area (TPSA) is 380 Å². The Kier molecular flexibility index (Phi) is 19.7. The molecule has 1 aromatic heterocycles. The Morgan fingerprint density at radius 3 is 2.18 bits per heavy atom. The monoisotopic (exact) mass is 994 g/mol. The van der Waals surface area contributed by atoms with Crippen LogP contribution in [0.1, 0.15) is 78.7 Å². The Labute approximate surface area is 414 Å². The van der Waals surface area contributed by atoms with Crippen LogP contribution >= 0.6 is 0 Å². The summed E-state index contributed by atoms with van der Waals surface area (Å²) in [5, 5.41) is 42.4. The number of aromatic hydroxyl groups is 1. The van der Waals surface area contributed by atoms with E-state index < -0.39 is 96.0 Å². The summed E-state index contributed by atoms with van der Waals surface area (Å²) >= 11 is 0.